The van der Waals surface area contributed by atoms with Crippen molar-refractivity contribution >= 4 is 0 Å². The van der Waals surface area contributed by atoms with Crippen LogP contribution in [0, 0.1) is 41.4 Å². The number of hydrogen-bond acceptors (Lipinski definition) is 2. The van der Waals surface area contributed by atoms with Crippen LogP contribution in [-0.4, -0.2) is 22.4 Å². The van der Waals surface area contributed by atoms with Crippen LogP contribution in [0.15, 0.2) is 0 Å². The molecule has 2 nitrogen and oxygen atoms in total. The lowest BCUT2D eigenvalue weighted by molar-refractivity contribution is 0.0158. The Hall–Kier alpha value is -0.0800. The van der Waals surface area contributed by atoms with E-state index in [1.54, 1.807) is 0 Å². The van der Waals surface area contributed by atoms with E-state index >= 15 is 0 Å². The van der Waals surface area contributed by atoms with Crippen LogP contribution in [0.2, 0.25) is 0 Å². The minimum atomic E-state index is -0.205. The highest BCUT2D eigenvalue weighted by molar-refractivity contribution is 4.89. The normalized spacial score (nSPS) is 36.9. The second-order valence-corrected chi connectivity index (χ2v) is 11.9. The first-order valence-corrected chi connectivity index (χ1v) is 13.8. The second kappa shape index (κ2) is 12.2. The molecule has 0 radical (unpaired) electrons. The minimum Gasteiger partial charge on any atom is -0.393 e. The van der Waals surface area contributed by atoms with E-state index in [2.05, 4.69) is 13.8 Å². The number of aliphatic hydroxyl groups excluding tert-OH is 2. The number of unbranched alkanes of at least 4 members (excludes halogenated alkanes) is 1. The highest BCUT2D eigenvalue weighted by Crippen LogP contribution is 2.47. The van der Waals surface area contributed by atoms with Crippen LogP contribution >= 0.6 is 0 Å². The zero-order valence-electron chi connectivity index (χ0n) is 20.4. The molecule has 6 atom stereocenters. The summed E-state index contributed by atoms with van der Waals surface area (Å²) in [5.41, 5.74) is 0. The van der Waals surface area contributed by atoms with Gasteiger partial charge in [-0.2, -0.15) is 0 Å². The van der Waals surface area contributed by atoms with Gasteiger partial charge in [0.2, 0.25) is 0 Å². The molecule has 2 heteroatoms. The molecule has 0 amide bonds. The maximum absolute atomic E-state index is 10.9. The zero-order chi connectivity index (χ0) is 21.5. The molecule has 3 unspecified atom stereocenters. The monoisotopic (exact) mass is 420 g/mol. The van der Waals surface area contributed by atoms with E-state index < -0.39 is 0 Å². The molecule has 0 aromatic carbocycles. The molecule has 3 rings (SSSR count). The Morgan fingerprint density at radius 2 is 1.30 bits per heavy atom. The molecule has 0 aromatic rings. The van der Waals surface area contributed by atoms with Gasteiger partial charge in [-0.25, -0.2) is 0 Å². The van der Waals surface area contributed by atoms with E-state index in [9.17, 15) is 10.2 Å². The first-order valence-electron chi connectivity index (χ1n) is 13.8. The van der Waals surface area contributed by atoms with Crippen LogP contribution in [0.1, 0.15) is 124 Å². The quantitative estimate of drug-likeness (QED) is 0.382. The molecule has 0 saturated heterocycles. The Morgan fingerprint density at radius 3 is 1.97 bits per heavy atom. The standard InChI is InChI=1S/C28H52O2/c1-20(22(3)29)9-7-8-12-28(30)26-14-13-21(2)27(19-26)25-17-15-24(16-18-25)23-10-5-4-6-11-23/h20-30H,4-19H2,1-3H3/t20-,21-,22+,24?,25?,26?,27?,28?/m1/s1. The largest absolute Gasteiger partial charge is 0.393 e. The Bertz CT molecular complexity index is 461. The van der Waals surface area contributed by atoms with Gasteiger partial charge in [-0.1, -0.05) is 65.2 Å². The molecule has 3 aliphatic carbocycles. The van der Waals surface area contributed by atoms with Gasteiger partial charge < -0.3 is 10.2 Å². The fraction of sp³-hybridized carbons (Fsp3) is 1.00. The molecule has 176 valence electrons. The van der Waals surface area contributed by atoms with Crippen LogP contribution in [0.5, 0.6) is 0 Å². The van der Waals surface area contributed by atoms with Gasteiger partial charge in [0.25, 0.3) is 0 Å². The Morgan fingerprint density at radius 1 is 0.700 bits per heavy atom. The summed E-state index contributed by atoms with van der Waals surface area (Å²) in [4.78, 5) is 0. The summed E-state index contributed by atoms with van der Waals surface area (Å²) >= 11 is 0. The van der Waals surface area contributed by atoms with Crippen LogP contribution in [0.25, 0.3) is 0 Å². The fourth-order valence-electron chi connectivity index (χ4n) is 7.34. The van der Waals surface area contributed by atoms with Gasteiger partial charge in [0.05, 0.1) is 12.2 Å². The van der Waals surface area contributed by atoms with E-state index in [4.69, 9.17) is 0 Å². The average molecular weight is 421 g/mol. The highest BCUT2D eigenvalue weighted by Gasteiger charge is 2.38. The number of rotatable bonds is 9. The van der Waals surface area contributed by atoms with Crippen molar-refractivity contribution in [2.45, 2.75) is 136 Å². The van der Waals surface area contributed by atoms with Gasteiger partial charge >= 0.3 is 0 Å². The summed E-state index contributed by atoms with van der Waals surface area (Å²) in [6.45, 7) is 6.53. The lowest BCUT2D eigenvalue weighted by Gasteiger charge is -2.44. The first-order chi connectivity index (χ1) is 14.5. The van der Waals surface area contributed by atoms with Crippen molar-refractivity contribution in [2.24, 2.45) is 41.4 Å². The van der Waals surface area contributed by atoms with Gasteiger partial charge in [-0.05, 0) is 99.7 Å². The Kier molecular flexibility index (Phi) is 10.0. The zero-order valence-corrected chi connectivity index (χ0v) is 20.4. The van der Waals surface area contributed by atoms with Crippen molar-refractivity contribution in [1.29, 1.82) is 0 Å². The third-order valence-corrected chi connectivity index (χ3v) is 9.81. The molecule has 0 bridgehead atoms. The second-order valence-electron chi connectivity index (χ2n) is 11.9. The summed E-state index contributed by atoms with van der Waals surface area (Å²) in [5.74, 6) is 5.65. The van der Waals surface area contributed by atoms with E-state index in [0.717, 1.165) is 55.3 Å². The maximum Gasteiger partial charge on any atom is 0.0568 e. The van der Waals surface area contributed by atoms with Gasteiger partial charge in [-0.15, -0.1) is 0 Å². The topological polar surface area (TPSA) is 40.5 Å². The van der Waals surface area contributed by atoms with E-state index in [0.29, 0.717) is 11.8 Å². The Labute approximate surface area is 187 Å². The van der Waals surface area contributed by atoms with E-state index in [1.807, 2.05) is 6.92 Å². The van der Waals surface area contributed by atoms with Gasteiger partial charge in [0.1, 0.15) is 0 Å². The predicted octanol–water partition coefficient (Wildman–Crippen LogP) is 7.36. The lowest BCUT2D eigenvalue weighted by Crippen LogP contribution is -2.36. The smallest absolute Gasteiger partial charge is 0.0568 e. The molecule has 30 heavy (non-hydrogen) atoms. The van der Waals surface area contributed by atoms with Crippen LogP contribution in [-0.2, 0) is 0 Å². The highest BCUT2D eigenvalue weighted by atomic mass is 16.3. The third kappa shape index (κ3) is 6.96. The molecular formula is C28H52O2. The molecule has 3 saturated carbocycles. The summed E-state index contributed by atoms with van der Waals surface area (Å²) in [7, 11) is 0. The summed E-state index contributed by atoms with van der Waals surface area (Å²) < 4.78 is 0. The molecule has 0 aliphatic heterocycles. The SMILES string of the molecule is C[C@@H]1CCC(C(O)CCCC[C@@H](C)[C@H](C)O)CC1C1CCC(C2CCCCC2)CC1. The lowest BCUT2D eigenvalue weighted by atomic mass is 9.62. The molecule has 3 aliphatic rings. The summed E-state index contributed by atoms with van der Waals surface area (Å²) in [5, 5.41) is 20.6. The molecule has 3 fully saturated rings. The molecule has 0 heterocycles. The Balaban J connectivity index is 1.40. The average Bonchev–Trinajstić information content (AvgIpc) is 2.77. The number of hydrogen-bond donors (Lipinski definition) is 2. The van der Waals surface area contributed by atoms with E-state index in [1.165, 1.54) is 77.0 Å². The van der Waals surface area contributed by atoms with Gasteiger partial charge in [-0.3, -0.25) is 0 Å². The van der Waals surface area contributed by atoms with Crippen LogP contribution < -0.4 is 0 Å². The van der Waals surface area contributed by atoms with E-state index in [-0.39, 0.29) is 12.2 Å². The molecule has 0 spiro atoms. The van der Waals surface area contributed by atoms with Crippen LogP contribution in [0.3, 0.4) is 0 Å². The van der Waals surface area contributed by atoms with Crippen molar-refractivity contribution in [3.8, 4) is 0 Å². The van der Waals surface area contributed by atoms with Crippen molar-refractivity contribution in [3.05, 3.63) is 0 Å². The fourth-order valence-corrected chi connectivity index (χ4v) is 7.34. The van der Waals surface area contributed by atoms with Crippen molar-refractivity contribution in [3.63, 3.8) is 0 Å². The third-order valence-electron chi connectivity index (χ3n) is 9.81. The summed E-state index contributed by atoms with van der Waals surface area (Å²) in [6, 6.07) is 0. The van der Waals surface area contributed by atoms with Crippen LogP contribution in [0.4, 0.5) is 0 Å². The maximum atomic E-state index is 10.9. The van der Waals surface area contributed by atoms with Gasteiger partial charge in [0.15, 0.2) is 0 Å². The summed E-state index contributed by atoms with van der Waals surface area (Å²) in [6.07, 6.45) is 21.3. The van der Waals surface area contributed by atoms with Crippen molar-refractivity contribution < 1.29 is 10.2 Å². The molecule has 0 aromatic heterocycles. The predicted molar refractivity (Wildman–Crippen MR) is 127 cm³/mol. The van der Waals surface area contributed by atoms with Crippen molar-refractivity contribution in [2.75, 3.05) is 0 Å². The number of aliphatic hydroxyl groups is 2. The van der Waals surface area contributed by atoms with Gasteiger partial charge in [0, 0.05) is 0 Å². The first kappa shape index (κ1) is 24.6. The molecule has 2 N–H and O–H groups in total. The van der Waals surface area contributed by atoms with Crippen molar-refractivity contribution in [1.82, 2.24) is 0 Å². The minimum absolute atomic E-state index is 0.0968. The molecular weight excluding hydrogens is 368 g/mol.